The molecule has 0 fully saturated rings. The zero-order valence-electron chi connectivity index (χ0n) is 11.5. The summed E-state index contributed by atoms with van der Waals surface area (Å²) in [5, 5.41) is 8.45. The maximum Gasteiger partial charge on any atom is 0.258 e. The number of carbonyl (C=O) groups is 1. The Balaban J connectivity index is 2.73. The normalized spacial score (nSPS) is 16.1. The summed E-state index contributed by atoms with van der Waals surface area (Å²) in [6.45, 7) is 5.71. The summed E-state index contributed by atoms with van der Waals surface area (Å²) >= 11 is 1.42. The van der Waals surface area contributed by atoms with Gasteiger partial charge in [0.15, 0.2) is 5.13 Å². The molecule has 0 saturated carbocycles. The van der Waals surface area contributed by atoms with Gasteiger partial charge in [0, 0.05) is 18.5 Å². The SMILES string of the molecule is CCC(C)(OC)C(=O)Nc1nc(C(C)NC)cs1. The van der Waals surface area contributed by atoms with Crippen molar-refractivity contribution < 1.29 is 9.53 Å². The van der Waals surface area contributed by atoms with Crippen molar-refractivity contribution in [3.05, 3.63) is 11.1 Å². The van der Waals surface area contributed by atoms with E-state index in [-0.39, 0.29) is 11.9 Å². The molecule has 1 rings (SSSR count). The lowest BCUT2D eigenvalue weighted by molar-refractivity contribution is -0.136. The number of anilines is 1. The van der Waals surface area contributed by atoms with Gasteiger partial charge in [-0.1, -0.05) is 6.92 Å². The van der Waals surface area contributed by atoms with Crippen molar-refractivity contribution in [1.29, 1.82) is 0 Å². The highest BCUT2D eigenvalue weighted by molar-refractivity contribution is 7.13. The van der Waals surface area contributed by atoms with E-state index >= 15 is 0 Å². The van der Waals surface area contributed by atoms with Gasteiger partial charge in [0.25, 0.3) is 5.91 Å². The summed E-state index contributed by atoms with van der Waals surface area (Å²) in [7, 11) is 3.42. The first-order chi connectivity index (χ1) is 8.46. The monoisotopic (exact) mass is 271 g/mol. The lowest BCUT2D eigenvalue weighted by Crippen LogP contribution is -2.41. The second-order valence-corrected chi connectivity index (χ2v) is 5.19. The van der Waals surface area contributed by atoms with Gasteiger partial charge < -0.3 is 10.1 Å². The first kappa shape index (κ1) is 15.1. The quantitative estimate of drug-likeness (QED) is 0.832. The minimum absolute atomic E-state index is 0.162. The van der Waals surface area contributed by atoms with Crippen molar-refractivity contribution in [3.8, 4) is 0 Å². The Hall–Kier alpha value is -0.980. The highest BCUT2D eigenvalue weighted by Crippen LogP contribution is 2.23. The molecule has 102 valence electrons. The van der Waals surface area contributed by atoms with Crippen LogP contribution in [-0.4, -0.2) is 30.6 Å². The van der Waals surface area contributed by atoms with Crippen LogP contribution in [0.2, 0.25) is 0 Å². The fourth-order valence-corrected chi connectivity index (χ4v) is 2.12. The van der Waals surface area contributed by atoms with Gasteiger partial charge in [0.2, 0.25) is 0 Å². The van der Waals surface area contributed by atoms with Crippen LogP contribution in [0.3, 0.4) is 0 Å². The molecule has 0 bridgehead atoms. The van der Waals surface area contributed by atoms with Crippen LogP contribution in [0.1, 0.15) is 38.9 Å². The van der Waals surface area contributed by atoms with E-state index in [0.29, 0.717) is 11.6 Å². The van der Waals surface area contributed by atoms with Crippen molar-refractivity contribution in [1.82, 2.24) is 10.3 Å². The van der Waals surface area contributed by atoms with Crippen LogP contribution in [-0.2, 0) is 9.53 Å². The Bertz CT molecular complexity index is 402. The van der Waals surface area contributed by atoms with E-state index in [1.54, 1.807) is 14.0 Å². The molecule has 0 aliphatic heterocycles. The van der Waals surface area contributed by atoms with E-state index in [0.717, 1.165) is 5.69 Å². The number of ether oxygens (including phenoxy) is 1. The van der Waals surface area contributed by atoms with Gasteiger partial charge in [-0.15, -0.1) is 11.3 Å². The molecule has 5 nitrogen and oxygen atoms in total. The van der Waals surface area contributed by atoms with E-state index in [9.17, 15) is 4.79 Å². The fraction of sp³-hybridized carbons (Fsp3) is 0.667. The van der Waals surface area contributed by atoms with Crippen LogP contribution in [0.25, 0.3) is 0 Å². The standard InChI is InChI=1S/C12H21N3O2S/c1-6-12(3,17-5)10(16)15-11-14-9(7-18-11)8(2)13-4/h7-8,13H,6H2,1-5H3,(H,14,15,16). The molecular formula is C12H21N3O2S. The molecule has 1 aromatic heterocycles. The average Bonchev–Trinajstić information content (AvgIpc) is 2.85. The van der Waals surface area contributed by atoms with Crippen LogP contribution < -0.4 is 10.6 Å². The number of nitrogens with zero attached hydrogens (tertiary/aromatic N) is 1. The third kappa shape index (κ3) is 3.28. The summed E-state index contributed by atoms with van der Waals surface area (Å²) in [6, 6.07) is 0.173. The van der Waals surface area contributed by atoms with E-state index in [1.807, 2.05) is 26.3 Å². The van der Waals surface area contributed by atoms with E-state index < -0.39 is 5.60 Å². The zero-order valence-corrected chi connectivity index (χ0v) is 12.4. The molecule has 1 amide bonds. The number of aromatic nitrogens is 1. The Kier molecular flexibility index (Phi) is 5.25. The highest BCUT2D eigenvalue weighted by Gasteiger charge is 2.31. The van der Waals surface area contributed by atoms with Crippen LogP contribution >= 0.6 is 11.3 Å². The Morgan fingerprint density at radius 3 is 2.83 bits per heavy atom. The third-order valence-corrected chi connectivity index (χ3v) is 4.00. The zero-order chi connectivity index (χ0) is 13.8. The van der Waals surface area contributed by atoms with Crippen LogP contribution in [0.4, 0.5) is 5.13 Å². The Labute approximate surface area is 112 Å². The first-order valence-corrected chi connectivity index (χ1v) is 6.84. The molecule has 0 saturated heterocycles. The van der Waals surface area contributed by atoms with Gasteiger partial charge in [-0.25, -0.2) is 4.98 Å². The fourth-order valence-electron chi connectivity index (χ4n) is 1.32. The maximum atomic E-state index is 12.1. The van der Waals surface area contributed by atoms with Gasteiger partial charge in [-0.3, -0.25) is 10.1 Å². The molecule has 2 N–H and O–H groups in total. The van der Waals surface area contributed by atoms with Gasteiger partial charge in [0.1, 0.15) is 5.60 Å². The number of thiazole rings is 1. The molecule has 0 aliphatic rings. The molecule has 0 radical (unpaired) electrons. The summed E-state index contributed by atoms with van der Waals surface area (Å²) in [5.41, 5.74) is 0.119. The van der Waals surface area contributed by atoms with Crippen molar-refractivity contribution >= 4 is 22.4 Å². The Morgan fingerprint density at radius 1 is 1.67 bits per heavy atom. The summed E-state index contributed by atoms with van der Waals surface area (Å²) < 4.78 is 5.25. The number of rotatable bonds is 6. The molecule has 6 heteroatoms. The molecule has 0 spiro atoms. The van der Waals surface area contributed by atoms with Crippen LogP contribution in [0.5, 0.6) is 0 Å². The highest BCUT2D eigenvalue weighted by atomic mass is 32.1. The summed E-state index contributed by atoms with van der Waals surface area (Å²) in [5.74, 6) is -0.162. The predicted molar refractivity (Wildman–Crippen MR) is 73.9 cm³/mol. The molecule has 1 heterocycles. The maximum absolute atomic E-state index is 12.1. The summed E-state index contributed by atoms with van der Waals surface area (Å²) in [6.07, 6.45) is 0.612. The predicted octanol–water partition coefficient (Wildman–Crippen LogP) is 2.18. The number of amides is 1. The lowest BCUT2D eigenvalue weighted by Gasteiger charge is -2.24. The van der Waals surface area contributed by atoms with Gasteiger partial charge in [0.05, 0.1) is 5.69 Å². The number of hydrogen-bond donors (Lipinski definition) is 2. The average molecular weight is 271 g/mol. The van der Waals surface area contributed by atoms with Gasteiger partial charge in [-0.05, 0) is 27.3 Å². The minimum atomic E-state index is -0.805. The molecule has 18 heavy (non-hydrogen) atoms. The molecule has 1 aromatic rings. The molecule has 2 unspecified atom stereocenters. The van der Waals surface area contributed by atoms with Crippen molar-refractivity contribution in [3.63, 3.8) is 0 Å². The number of carbonyl (C=O) groups excluding carboxylic acids is 1. The number of methoxy groups -OCH3 is 1. The Morgan fingerprint density at radius 2 is 2.33 bits per heavy atom. The number of nitrogens with one attached hydrogen (secondary N) is 2. The van der Waals surface area contributed by atoms with Crippen molar-refractivity contribution in [2.75, 3.05) is 19.5 Å². The van der Waals surface area contributed by atoms with Crippen LogP contribution in [0.15, 0.2) is 5.38 Å². The third-order valence-electron chi connectivity index (χ3n) is 3.22. The van der Waals surface area contributed by atoms with Gasteiger partial charge >= 0.3 is 0 Å². The van der Waals surface area contributed by atoms with Crippen molar-refractivity contribution in [2.24, 2.45) is 0 Å². The second kappa shape index (κ2) is 6.26. The minimum Gasteiger partial charge on any atom is -0.369 e. The molecule has 2 atom stereocenters. The molecule has 0 aromatic carbocycles. The topological polar surface area (TPSA) is 63.2 Å². The van der Waals surface area contributed by atoms with E-state index in [2.05, 4.69) is 15.6 Å². The summed E-state index contributed by atoms with van der Waals surface area (Å²) in [4.78, 5) is 16.4. The largest absolute Gasteiger partial charge is 0.369 e. The first-order valence-electron chi connectivity index (χ1n) is 5.96. The molecular weight excluding hydrogens is 250 g/mol. The number of hydrogen-bond acceptors (Lipinski definition) is 5. The molecule has 0 aliphatic carbocycles. The van der Waals surface area contributed by atoms with Crippen LogP contribution in [0, 0.1) is 0 Å². The van der Waals surface area contributed by atoms with Gasteiger partial charge in [-0.2, -0.15) is 0 Å². The lowest BCUT2D eigenvalue weighted by atomic mass is 10.0. The smallest absolute Gasteiger partial charge is 0.258 e. The second-order valence-electron chi connectivity index (χ2n) is 4.33. The van der Waals surface area contributed by atoms with Crippen molar-refractivity contribution in [2.45, 2.75) is 38.8 Å². The van der Waals surface area contributed by atoms with E-state index in [1.165, 1.54) is 11.3 Å². The van der Waals surface area contributed by atoms with E-state index in [4.69, 9.17) is 4.74 Å².